The number of carboxylic acids is 1. The van der Waals surface area contributed by atoms with E-state index in [1.807, 2.05) is 6.07 Å². The van der Waals surface area contributed by atoms with Gasteiger partial charge in [-0.2, -0.15) is 0 Å². The molecule has 3 atom stereocenters. The molecule has 3 aliphatic rings. The van der Waals surface area contributed by atoms with Crippen LogP contribution in [0.15, 0.2) is 16.7 Å². The Labute approximate surface area is 159 Å². The summed E-state index contributed by atoms with van der Waals surface area (Å²) in [5.74, 6) is -0.330. The van der Waals surface area contributed by atoms with E-state index in [1.165, 1.54) is 0 Å². The summed E-state index contributed by atoms with van der Waals surface area (Å²) < 4.78 is 18.3. The molecule has 4 rings (SSSR count). The molecule has 0 saturated carbocycles. The van der Waals surface area contributed by atoms with Gasteiger partial charge in [-0.1, -0.05) is 0 Å². The van der Waals surface area contributed by atoms with Crippen molar-refractivity contribution in [3.05, 3.63) is 16.7 Å². The molecule has 1 spiro atoms. The zero-order valence-corrected chi connectivity index (χ0v) is 16.1. The third kappa shape index (κ3) is 3.17. The monoisotopic (exact) mass is 427 g/mol. The summed E-state index contributed by atoms with van der Waals surface area (Å²) in [5.41, 5.74) is 0.612. The number of rotatable bonds is 4. The Morgan fingerprint density at radius 1 is 1.54 bits per heavy atom. The highest BCUT2D eigenvalue weighted by Gasteiger charge is 2.50. The highest BCUT2D eigenvalue weighted by atomic mass is 79.9. The van der Waals surface area contributed by atoms with Crippen molar-refractivity contribution < 1.29 is 24.1 Å². The van der Waals surface area contributed by atoms with Crippen molar-refractivity contribution in [3.63, 3.8) is 0 Å². The van der Waals surface area contributed by atoms with Gasteiger partial charge in [0.1, 0.15) is 23.4 Å². The van der Waals surface area contributed by atoms with Gasteiger partial charge in [-0.3, -0.25) is 4.79 Å². The molecule has 1 aromatic heterocycles. The second-order valence-corrected chi connectivity index (χ2v) is 7.94. The number of aliphatic carboxylic acids is 1. The van der Waals surface area contributed by atoms with Crippen LogP contribution in [0.5, 0.6) is 5.88 Å². The molecular weight excluding hydrogens is 406 g/mol. The van der Waals surface area contributed by atoms with Gasteiger partial charge in [0.15, 0.2) is 0 Å². The lowest BCUT2D eigenvalue weighted by Crippen LogP contribution is -2.68. The molecule has 9 heteroatoms. The van der Waals surface area contributed by atoms with E-state index in [4.69, 9.17) is 19.3 Å². The quantitative estimate of drug-likeness (QED) is 0.735. The Kier molecular flexibility index (Phi) is 4.81. The smallest absolute Gasteiger partial charge is 0.320 e. The van der Waals surface area contributed by atoms with E-state index in [1.54, 1.807) is 6.20 Å². The highest BCUT2D eigenvalue weighted by Crippen LogP contribution is 2.39. The van der Waals surface area contributed by atoms with Gasteiger partial charge in [0.05, 0.1) is 25.9 Å². The van der Waals surface area contributed by atoms with Crippen LogP contribution in [-0.2, 0) is 14.3 Å². The van der Waals surface area contributed by atoms with Crippen LogP contribution in [0.3, 0.4) is 0 Å². The summed E-state index contributed by atoms with van der Waals surface area (Å²) in [6.45, 7) is 5.16. The maximum atomic E-state index is 11.1. The van der Waals surface area contributed by atoms with Crippen molar-refractivity contribution in [3.8, 4) is 5.88 Å². The van der Waals surface area contributed by atoms with Gasteiger partial charge in [-0.25, -0.2) is 4.98 Å². The van der Waals surface area contributed by atoms with E-state index in [0.29, 0.717) is 38.7 Å². The number of pyridine rings is 1. The maximum absolute atomic E-state index is 11.1. The SMILES string of the molecule is C[C@@H]1N(c2cc(Br)cnc2O[C@@H]2CN[C@H](C(=O)O)C2)CCOC12COC2. The van der Waals surface area contributed by atoms with Gasteiger partial charge in [-0.15, -0.1) is 0 Å². The third-order valence-electron chi connectivity index (χ3n) is 5.42. The average Bonchev–Trinajstić information content (AvgIpc) is 3.04. The van der Waals surface area contributed by atoms with Crippen LogP contribution < -0.4 is 15.0 Å². The molecule has 3 fully saturated rings. The second kappa shape index (κ2) is 6.95. The lowest BCUT2D eigenvalue weighted by molar-refractivity contribution is -0.228. The molecule has 0 radical (unpaired) electrons. The van der Waals surface area contributed by atoms with Crippen molar-refractivity contribution in [1.82, 2.24) is 10.3 Å². The number of carboxylic acid groups (broad SMARTS) is 1. The summed E-state index contributed by atoms with van der Waals surface area (Å²) in [5, 5.41) is 12.1. The van der Waals surface area contributed by atoms with Crippen molar-refractivity contribution >= 4 is 27.6 Å². The average molecular weight is 428 g/mol. The molecular formula is C17H22BrN3O5. The third-order valence-corrected chi connectivity index (χ3v) is 5.85. The number of nitrogens with one attached hydrogen (secondary N) is 1. The number of aromatic nitrogens is 1. The Hall–Kier alpha value is -1.42. The molecule has 1 aromatic rings. The number of carbonyl (C=O) groups is 1. The number of morpholine rings is 1. The Balaban J connectivity index is 1.56. The van der Waals surface area contributed by atoms with E-state index in [-0.39, 0.29) is 17.7 Å². The predicted molar refractivity (Wildman–Crippen MR) is 96.7 cm³/mol. The zero-order valence-electron chi connectivity index (χ0n) is 14.5. The number of ether oxygens (including phenoxy) is 3. The van der Waals surface area contributed by atoms with Crippen LogP contribution in [0.25, 0.3) is 0 Å². The normalized spacial score (nSPS) is 30.2. The molecule has 8 nitrogen and oxygen atoms in total. The summed E-state index contributed by atoms with van der Waals surface area (Å²) >= 11 is 3.49. The fourth-order valence-corrected chi connectivity index (χ4v) is 4.07. The first kappa shape index (κ1) is 18.0. The fraction of sp³-hybridized carbons (Fsp3) is 0.647. The highest BCUT2D eigenvalue weighted by molar-refractivity contribution is 9.10. The number of halogens is 1. The lowest BCUT2D eigenvalue weighted by Gasteiger charge is -2.53. The second-order valence-electron chi connectivity index (χ2n) is 7.03. The van der Waals surface area contributed by atoms with Crippen LogP contribution in [-0.4, -0.2) is 72.8 Å². The van der Waals surface area contributed by atoms with E-state index >= 15 is 0 Å². The van der Waals surface area contributed by atoms with Gasteiger partial charge in [-0.05, 0) is 28.9 Å². The van der Waals surface area contributed by atoms with E-state index < -0.39 is 12.0 Å². The first-order valence-electron chi connectivity index (χ1n) is 8.75. The number of nitrogens with zero attached hydrogens (tertiary/aromatic N) is 2. The Morgan fingerprint density at radius 2 is 2.35 bits per heavy atom. The van der Waals surface area contributed by atoms with Gasteiger partial charge in [0.25, 0.3) is 0 Å². The van der Waals surface area contributed by atoms with Crippen LogP contribution in [0, 0.1) is 0 Å². The van der Waals surface area contributed by atoms with Crippen molar-refractivity contribution in [2.45, 2.75) is 37.1 Å². The summed E-state index contributed by atoms with van der Waals surface area (Å²) in [6, 6.07) is 1.54. The van der Waals surface area contributed by atoms with Crippen LogP contribution in [0.1, 0.15) is 13.3 Å². The molecule has 0 bridgehead atoms. The van der Waals surface area contributed by atoms with Gasteiger partial charge in [0, 0.05) is 30.2 Å². The first-order chi connectivity index (χ1) is 12.5. The minimum atomic E-state index is -0.853. The number of anilines is 1. The van der Waals surface area contributed by atoms with Crippen LogP contribution >= 0.6 is 15.9 Å². The first-order valence-corrected chi connectivity index (χ1v) is 9.54. The topological polar surface area (TPSA) is 93.2 Å². The molecule has 0 aromatic carbocycles. The van der Waals surface area contributed by atoms with Crippen molar-refractivity contribution in [2.75, 3.05) is 37.8 Å². The lowest BCUT2D eigenvalue weighted by atomic mass is 9.90. The zero-order chi connectivity index (χ0) is 18.3. The maximum Gasteiger partial charge on any atom is 0.320 e. The summed E-state index contributed by atoms with van der Waals surface area (Å²) in [7, 11) is 0. The van der Waals surface area contributed by atoms with Gasteiger partial charge in [0.2, 0.25) is 5.88 Å². The van der Waals surface area contributed by atoms with Crippen molar-refractivity contribution in [1.29, 1.82) is 0 Å². The number of hydrogen-bond acceptors (Lipinski definition) is 7. The Bertz CT molecular complexity index is 699. The predicted octanol–water partition coefficient (Wildman–Crippen LogP) is 1.03. The van der Waals surface area contributed by atoms with Crippen molar-refractivity contribution in [2.24, 2.45) is 0 Å². The molecule has 0 aliphatic carbocycles. The van der Waals surface area contributed by atoms with E-state index in [0.717, 1.165) is 16.7 Å². The minimum Gasteiger partial charge on any atom is -0.480 e. The standard InChI is InChI=1S/C17H22BrN3O5/c1-10-17(8-24-9-17)25-3-2-21(10)14-4-11(18)6-20-15(14)26-12-5-13(16(22)23)19-7-12/h4,6,10,12-13,19H,2-3,5,7-9H2,1H3,(H,22,23)/t10-,12-,13-/m0/s1. The largest absolute Gasteiger partial charge is 0.480 e. The molecule has 142 valence electrons. The molecule has 3 saturated heterocycles. The number of hydrogen-bond donors (Lipinski definition) is 2. The summed E-state index contributed by atoms with van der Waals surface area (Å²) in [4.78, 5) is 17.8. The van der Waals surface area contributed by atoms with Gasteiger partial charge < -0.3 is 29.5 Å². The van der Waals surface area contributed by atoms with Crippen LogP contribution in [0.2, 0.25) is 0 Å². The molecule has 0 unspecified atom stereocenters. The van der Waals surface area contributed by atoms with Gasteiger partial charge >= 0.3 is 5.97 Å². The van der Waals surface area contributed by atoms with E-state index in [2.05, 4.69) is 38.1 Å². The molecule has 0 amide bonds. The molecule has 4 heterocycles. The molecule has 2 N–H and O–H groups in total. The van der Waals surface area contributed by atoms with E-state index in [9.17, 15) is 4.79 Å². The summed E-state index contributed by atoms with van der Waals surface area (Å²) in [6.07, 6.45) is 1.90. The molecule has 26 heavy (non-hydrogen) atoms. The fourth-order valence-electron chi connectivity index (χ4n) is 3.75. The molecule has 3 aliphatic heterocycles. The Morgan fingerprint density at radius 3 is 3.00 bits per heavy atom. The van der Waals surface area contributed by atoms with Crippen LogP contribution in [0.4, 0.5) is 5.69 Å². The minimum absolute atomic E-state index is 0.122.